The summed E-state index contributed by atoms with van der Waals surface area (Å²) in [6.45, 7) is 0. The molecule has 2 heterocycles. The summed E-state index contributed by atoms with van der Waals surface area (Å²) in [5.41, 5.74) is 16.2. The van der Waals surface area contributed by atoms with Crippen molar-refractivity contribution in [2.75, 3.05) is 5.32 Å². The Labute approximate surface area is 314 Å². The van der Waals surface area contributed by atoms with Gasteiger partial charge in [-0.25, -0.2) is 0 Å². The van der Waals surface area contributed by atoms with E-state index in [1.165, 1.54) is 61.2 Å². The number of nitrogens with one attached hydrogen (secondary N) is 1. The van der Waals surface area contributed by atoms with E-state index in [0.29, 0.717) is 0 Å². The Kier molecular flexibility index (Phi) is 6.83. The Balaban J connectivity index is 0.982. The predicted molar refractivity (Wildman–Crippen MR) is 220 cm³/mol. The molecular weight excluding hydrogens is 657 g/mol. The van der Waals surface area contributed by atoms with Gasteiger partial charge in [-0.05, 0) is 80.4 Å². The molecule has 11 rings (SSSR count). The number of hydrogen-bond acceptors (Lipinski definition) is 3. The Morgan fingerprint density at radius 1 is 0.426 bits per heavy atom. The van der Waals surface area contributed by atoms with Crippen molar-refractivity contribution >= 4 is 11.5 Å². The number of aliphatic imine (C=N–C) groups is 1. The maximum Gasteiger partial charge on any atom is 0.133 e. The van der Waals surface area contributed by atoms with Crippen LogP contribution < -0.4 is 10.1 Å². The van der Waals surface area contributed by atoms with E-state index in [9.17, 15) is 0 Å². The fourth-order valence-electron chi connectivity index (χ4n) is 8.98. The lowest BCUT2D eigenvalue weighted by Crippen LogP contribution is -2.32. The van der Waals surface area contributed by atoms with Crippen molar-refractivity contribution in [3.05, 3.63) is 233 Å². The lowest BCUT2D eigenvalue weighted by atomic mass is 9.66. The minimum absolute atomic E-state index is 0.0580. The smallest absolute Gasteiger partial charge is 0.133 e. The number of fused-ring (bicyclic) bond motifs is 10. The Bertz CT molecular complexity index is 2740. The van der Waals surface area contributed by atoms with Crippen molar-refractivity contribution in [1.82, 2.24) is 0 Å². The molecule has 2 aliphatic heterocycles. The zero-order chi connectivity index (χ0) is 35.6. The molecule has 1 N–H and O–H groups in total. The maximum atomic E-state index is 6.55. The van der Waals surface area contributed by atoms with E-state index in [-0.39, 0.29) is 6.04 Å². The van der Waals surface area contributed by atoms with Crippen molar-refractivity contribution in [1.29, 1.82) is 0 Å². The van der Waals surface area contributed by atoms with E-state index in [1.54, 1.807) is 0 Å². The number of rotatable bonds is 4. The van der Waals surface area contributed by atoms with E-state index >= 15 is 0 Å². The summed E-state index contributed by atoms with van der Waals surface area (Å²) >= 11 is 0. The molecule has 1 spiro atoms. The third-order valence-corrected chi connectivity index (χ3v) is 11.4. The molecule has 0 amide bonds. The summed E-state index contributed by atoms with van der Waals surface area (Å²) in [4.78, 5) is 5.23. The zero-order valence-electron chi connectivity index (χ0n) is 29.4. The normalized spacial score (nSPS) is 15.4. The summed E-state index contributed by atoms with van der Waals surface area (Å²) in [6.07, 6.45) is 0. The molecular formula is C51H34N2O. The van der Waals surface area contributed by atoms with Gasteiger partial charge >= 0.3 is 0 Å². The van der Waals surface area contributed by atoms with E-state index < -0.39 is 5.41 Å². The number of hydrogen-bond donors (Lipinski definition) is 1. The standard InChI is InChI=1S/C51H34N2O/c1-2-13-34(14-3-1)49-41-18-5-9-22-46(41)52-50(53-49)35-27-25-33(26-28-35)36-15-12-16-37(31-36)38-29-30-40-39-17-4-6-19-42(39)51(45(40)32-38)43-20-7-10-23-47(43)54-48-24-11-8-21-44(48)51/h1-32,49H,(H,52,53). The molecule has 1 unspecified atom stereocenters. The molecule has 0 fully saturated rings. The van der Waals surface area contributed by atoms with Crippen LogP contribution >= 0.6 is 0 Å². The van der Waals surface area contributed by atoms with Crippen LogP contribution in [0.2, 0.25) is 0 Å². The average molecular weight is 691 g/mol. The highest BCUT2D eigenvalue weighted by Gasteiger charge is 2.51. The molecule has 3 heteroatoms. The second kappa shape index (κ2) is 12.0. The summed E-state index contributed by atoms with van der Waals surface area (Å²) in [7, 11) is 0. The second-order valence-corrected chi connectivity index (χ2v) is 14.3. The summed E-state index contributed by atoms with van der Waals surface area (Å²) in [5.74, 6) is 2.69. The number of para-hydroxylation sites is 3. The highest BCUT2D eigenvalue weighted by molar-refractivity contribution is 6.10. The van der Waals surface area contributed by atoms with Gasteiger partial charge in [0.1, 0.15) is 23.4 Å². The topological polar surface area (TPSA) is 33.6 Å². The highest BCUT2D eigenvalue weighted by atomic mass is 16.5. The fraction of sp³-hybridized carbons (Fsp3) is 0.0392. The van der Waals surface area contributed by atoms with Crippen LogP contribution in [0.1, 0.15) is 45.0 Å². The van der Waals surface area contributed by atoms with Crippen LogP contribution in [0.15, 0.2) is 199 Å². The molecule has 0 radical (unpaired) electrons. The molecule has 1 aliphatic carbocycles. The number of anilines is 1. The number of ether oxygens (including phenoxy) is 1. The first-order chi connectivity index (χ1) is 26.8. The first-order valence-electron chi connectivity index (χ1n) is 18.6. The molecule has 0 saturated heterocycles. The first-order valence-corrected chi connectivity index (χ1v) is 18.6. The van der Waals surface area contributed by atoms with E-state index in [1.807, 2.05) is 0 Å². The van der Waals surface area contributed by atoms with Crippen molar-refractivity contribution in [3.63, 3.8) is 0 Å². The lowest BCUT2D eigenvalue weighted by molar-refractivity contribution is 0.436. The molecule has 254 valence electrons. The Hall–Kier alpha value is -6.97. The zero-order valence-corrected chi connectivity index (χ0v) is 29.4. The summed E-state index contributed by atoms with van der Waals surface area (Å²) < 4.78 is 6.55. The summed E-state index contributed by atoms with van der Waals surface area (Å²) in [6, 6.07) is 69.6. The third kappa shape index (κ3) is 4.58. The molecule has 3 nitrogen and oxygen atoms in total. The largest absolute Gasteiger partial charge is 0.457 e. The van der Waals surface area contributed by atoms with Gasteiger partial charge in [-0.15, -0.1) is 0 Å². The number of nitrogens with zero attached hydrogens (tertiary/aromatic N) is 1. The molecule has 3 aliphatic rings. The number of amidine groups is 1. The molecule has 8 aromatic rings. The Morgan fingerprint density at radius 3 is 1.78 bits per heavy atom. The predicted octanol–water partition coefficient (Wildman–Crippen LogP) is 12.5. The Morgan fingerprint density at radius 2 is 1.00 bits per heavy atom. The monoisotopic (exact) mass is 690 g/mol. The maximum absolute atomic E-state index is 6.55. The molecule has 0 saturated carbocycles. The highest BCUT2D eigenvalue weighted by Crippen LogP contribution is 2.62. The molecule has 0 bridgehead atoms. The van der Waals surface area contributed by atoms with Gasteiger partial charge in [0.15, 0.2) is 0 Å². The van der Waals surface area contributed by atoms with E-state index in [2.05, 4.69) is 199 Å². The minimum Gasteiger partial charge on any atom is -0.457 e. The van der Waals surface area contributed by atoms with Crippen LogP contribution in [0.3, 0.4) is 0 Å². The van der Waals surface area contributed by atoms with Gasteiger partial charge < -0.3 is 10.1 Å². The van der Waals surface area contributed by atoms with Crippen molar-refractivity contribution in [3.8, 4) is 44.9 Å². The van der Waals surface area contributed by atoms with E-state index in [0.717, 1.165) is 34.1 Å². The molecule has 54 heavy (non-hydrogen) atoms. The van der Waals surface area contributed by atoms with Gasteiger partial charge in [0, 0.05) is 27.9 Å². The summed E-state index contributed by atoms with van der Waals surface area (Å²) in [5, 5.41) is 3.61. The van der Waals surface area contributed by atoms with Crippen LogP contribution in [0.4, 0.5) is 5.69 Å². The minimum atomic E-state index is -0.489. The molecule has 0 aromatic heterocycles. The quantitative estimate of drug-likeness (QED) is 0.199. The van der Waals surface area contributed by atoms with Gasteiger partial charge in [-0.3, -0.25) is 4.99 Å². The van der Waals surface area contributed by atoms with Crippen molar-refractivity contribution < 1.29 is 4.74 Å². The van der Waals surface area contributed by atoms with E-state index in [4.69, 9.17) is 9.73 Å². The van der Waals surface area contributed by atoms with Crippen molar-refractivity contribution in [2.45, 2.75) is 11.5 Å². The van der Waals surface area contributed by atoms with Gasteiger partial charge in [0.25, 0.3) is 0 Å². The average Bonchev–Trinajstić information content (AvgIpc) is 3.53. The van der Waals surface area contributed by atoms with Gasteiger partial charge in [-0.1, -0.05) is 164 Å². The van der Waals surface area contributed by atoms with Gasteiger partial charge in [0.2, 0.25) is 0 Å². The third-order valence-electron chi connectivity index (χ3n) is 11.4. The fourth-order valence-corrected chi connectivity index (χ4v) is 8.98. The van der Waals surface area contributed by atoms with Crippen LogP contribution in [0.25, 0.3) is 33.4 Å². The van der Waals surface area contributed by atoms with Gasteiger partial charge in [0.05, 0.1) is 5.41 Å². The van der Waals surface area contributed by atoms with Crippen LogP contribution in [0, 0.1) is 0 Å². The van der Waals surface area contributed by atoms with Crippen molar-refractivity contribution in [2.24, 2.45) is 4.99 Å². The lowest BCUT2D eigenvalue weighted by Gasteiger charge is -2.39. The van der Waals surface area contributed by atoms with Crippen LogP contribution in [-0.2, 0) is 5.41 Å². The molecule has 1 atom stereocenters. The molecule has 8 aromatic carbocycles. The van der Waals surface area contributed by atoms with Gasteiger partial charge in [-0.2, -0.15) is 0 Å². The SMILES string of the molecule is c1ccc(C2N=C(c3ccc(-c4cccc(-c5ccc6c(c5)C5(c7ccccc7Oc7ccccc75)c5ccccc5-6)c4)cc3)Nc3ccccc32)cc1. The first kappa shape index (κ1) is 30.6. The van der Waals surface area contributed by atoms with Crippen LogP contribution in [-0.4, -0.2) is 5.84 Å². The number of benzene rings is 8. The second-order valence-electron chi connectivity index (χ2n) is 14.3. The van der Waals surface area contributed by atoms with Crippen LogP contribution in [0.5, 0.6) is 11.5 Å².